The SMILES string of the molecule is CC(C)N1CCC[C@@H]1C(=O)N[C@@H](Cc1ccc(F)c(F)c1)C(=O)NCc1cccc2[nH]ccc12. The Morgan fingerprint density at radius 3 is 2.74 bits per heavy atom. The first-order chi connectivity index (χ1) is 16.3. The van der Waals surface area contributed by atoms with E-state index in [0.717, 1.165) is 48.0 Å². The fraction of sp³-hybridized carbons (Fsp3) is 0.385. The van der Waals surface area contributed by atoms with Crippen LogP contribution in [0.5, 0.6) is 0 Å². The number of carbonyl (C=O) groups excluding carboxylic acids is 2. The van der Waals surface area contributed by atoms with Crippen LogP contribution in [-0.4, -0.2) is 46.4 Å². The summed E-state index contributed by atoms with van der Waals surface area (Å²) in [5.41, 5.74) is 2.33. The number of rotatable bonds is 8. The zero-order valence-corrected chi connectivity index (χ0v) is 19.4. The zero-order chi connectivity index (χ0) is 24.2. The summed E-state index contributed by atoms with van der Waals surface area (Å²) in [7, 11) is 0. The number of aromatic amines is 1. The summed E-state index contributed by atoms with van der Waals surface area (Å²) >= 11 is 0. The third kappa shape index (κ3) is 5.28. The average Bonchev–Trinajstić information content (AvgIpc) is 3.49. The summed E-state index contributed by atoms with van der Waals surface area (Å²) in [5.74, 6) is -2.53. The molecule has 2 atom stereocenters. The molecule has 1 saturated heterocycles. The average molecular weight is 469 g/mol. The van der Waals surface area contributed by atoms with E-state index in [4.69, 9.17) is 0 Å². The number of hydrogen-bond acceptors (Lipinski definition) is 3. The lowest BCUT2D eigenvalue weighted by Crippen LogP contribution is -2.53. The minimum absolute atomic E-state index is 0.0531. The fourth-order valence-electron chi connectivity index (χ4n) is 4.68. The number of carbonyl (C=O) groups is 2. The molecule has 0 saturated carbocycles. The zero-order valence-electron chi connectivity index (χ0n) is 19.4. The molecule has 0 bridgehead atoms. The number of benzene rings is 2. The summed E-state index contributed by atoms with van der Waals surface area (Å²) in [6.07, 6.45) is 3.53. The third-order valence-electron chi connectivity index (χ3n) is 6.46. The number of hydrogen-bond donors (Lipinski definition) is 3. The molecule has 4 rings (SSSR count). The number of likely N-dealkylation sites (tertiary alicyclic amines) is 1. The maximum atomic E-state index is 13.8. The van der Waals surface area contributed by atoms with Gasteiger partial charge in [-0.05, 0) is 68.6 Å². The third-order valence-corrected chi connectivity index (χ3v) is 6.46. The van der Waals surface area contributed by atoms with Crippen molar-refractivity contribution in [3.05, 3.63) is 71.4 Å². The maximum Gasteiger partial charge on any atom is 0.243 e. The summed E-state index contributed by atoms with van der Waals surface area (Å²) < 4.78 is 27.2. The number of nitrogens with zero attached hydrogens (tertiary/aromatic N) is 1. The summed E-state index contributed by atoms with van der Waals surface area (Å²) in [4.78, 5) is 31.6. The Morgan fingerprint density at radius 2 is 1.97 bits per heavy atom. The fourth-order valence-corrected chi connectivity index (χ4v) is 4.68. The smallest absolute Gasteiger partial charge is 0.243 e. The molecular formula is C26H30F2N4O2. The van der Waals surface area contributed by atoms with Gasteiger partial charge in [-0.3, -0.25) is 14.5 Å². The van der Waals surface area contributed by atoms with Crippen molar-refractivity contribution in [2.75, 3.05) is 6.54 Å². The van der Waals surface area contributed by atoms with Crippen LogP contribution in [0.3, 0.4) is 0 Å². The molecule has 180 valence electrons. The predicted octanol–water partition coefficient (Wildman–Crippen LogP) is 3.66. The monoisotopic (exact) mass is 468 g/mol. The van der Waals surface area contributed by atoms with Gasteiger partial charge in [0.05, 0.1) is 6.04 Å². The van der Waals surface area contributed by atoms with Crippen LogP contribution in [-0.2, 0) is 22.6 Å². The normalized spacial score (nSPS) is 17.3. The van der Waals surface area contributed by atoms with Crippen LogP contribution in [0.2, 0.25) is 0 Å². The van der Waals surface area contributed by atoms with Gasteiger partial charge in [-0.2, -0.15) is 0 Å². The van der Waals surface area contributed by atoms with Gasteiger partial charge >= 0.3 is 0 Å². The van der Waals surface area contributed by atoms with Crippen molar-refractivity contribution in [3.63, 3.8) is 0 Å². The number of aromatic nitrogens is 1. The van der Waals surface area contributed by atoms with Gasteiger partial charge in [0.15, 0.2) is 11.6 Å². The lowest BCUT2D eigenvalue weighted by Gasteiger charge is -2.29. The molecule has 0 unspecified atom stereocenters. The Kier molecular flexibility index (Phi) is 7.26. The van der Waals surface area contributed by atoms with E-state index in [1.54, 1.807) is 0 Å². The quantitative estimate of drug-likeness (QED) is 0.472. The molecule has 1 fully saturated rings. The Hall–Kier alpha value is -3.26. The molecule has 1 aliphatic rings. The van der Waals surface area contributed by atoms with Crippen LogP contribution in [0, 0.1) is 11.6 Å². The largest absolute Gasteiger partial charge is 0.361 e. The lowest BCUT2D eigenvalue weighted by atomic mass is 10.0. The standard InChI is InChI=1S/C26H30F2N4O2/c1-16(2)32-12-4-7-24(32)26(34)31-23(14-17-8-9-20(27)21(28)13-17)25(33)30-15-18-5-3-6-22-19(18)10-11-29-22/h3,5-6,8-11,13,16,23-24,29H,4,7,12,14-15H2,1-2H3,(H,30,33)(H,31,34)/t23-,24+/m0/s1. The van der Waals surface area contributed by atoms with E-state index in [0.29, 0.717) is 5.56 Å². The molecule has 2 heterocycles. The summed E-state index contributed by atoms with van der Waals surface area (Å²) in [6.45, 7) is 5.19. The van der Waals surface area contributed by atoms with Crippen LogP contribution >= 0.6 is 0 Å². The molecule has 8 heteroatoms. The second-order valence-electron chi connectivity index (χ2n) is 9.08. The van der Waals surface area contributed by atoms with Crippen LogP contribution in [0.25, 0.3) is 10.9 Å². The number of nitrogens with one attached hydrogen (secondary N) is 3. The molecule has 2 aromatic carbocycles. The van der Waals surface area contributed by atoms with Gasteiger partial charge < -0.3 is 15.6 Å². The van der Waals surface area contributed by atoms with E-state index < -0.39 is 17.7 Å². The van der Waals surface area contributed by atoms with Gasteiger partial charge in [-0.15, -0.1) is 0 Å². The minimum Gasteiger partial charge on any atom is -0.361 e. The number of fused-ring (bicyclic) bond motifs is 1. The number of H-pyrrole nitrogens is 1. The molecule has 34 heavy (non-hydrogen) atoms. The first-order valence-electron chi connectivity index (χ1n) is 11.7. The second-order valence-corrected chi connectivity index (χ2v) is 9.08. The van der Waals surface area contributed by atoms with Crippen molar-refractivity contribution < 1.29 is 18.4 Å². The van der Waals surface area contributed by atoms with Gasteiger partial charge in [-0.1, -0.05) is 18.2 Å². The van der Waals surface area contributed by atoms with Crippen molar-refractivity contribution in [2.24, 2.45) is 0 Å². The highest BCUT2D eigenvalue weighted by Crippen LogP contribution is 2.21. The number of halogens is 2. The second kappa shape index (κ2) is 10.3. The molecule has 3 N–H and O–H groups in total. The van der Waals surface area contributed by atoms with E-state index in [2.05, 4.69) is 20.5 Å². The van der Waals surface area contributed by atoms with Crippen LogP contribution in [0.1, 0.15) is 37.8 Å². The van der Waals surface area contributed by atoms with E-state index in [1.807, 2.05) is 44.3 Å². The molecule has 2 amide bonds. The Morgan fingerprint density at radius 1 is 1.15 bits per heavy atom. The van der Waals surface area contributed by atoms with Crippen LogP contribution in [0.15, 0.2) is 48.7 Å². The van der Waals surface area contributed by atoms with Crippen LogP contribution in [0.4, 0.5) is 8.78 Å². The van der Waals surface area contributed by atoms with E-state index in [-0.39, 0.29) is 36.9 Å². The first kappa shape index (κ1) is 23.9. The highest BCUT2D eigenvalue weighted by atomic mass is 19.2. The van der Waals surface area contributed by atoms with Gasteiger partial charge in [0.25, 0.3) is 0 Å². The molecule has 6 nitrogen and oxygen atoms in total. The lowest BCUT2D eigenvalue weighted by molar-refractivity contribution is -0.131. The van der Waals surface area contributed by atoms with Gasteiger partial charge in [0.1, 0.15) is 6.04 Å². The van der Waals surface area contributed by atoms with Crippen molar-refractivity contribution in [2.45, 2.75) is 57.8 Å². The van der Waals surface area contributed by atoms with Crippen molar-refractivity contribution in [1.29, 1.82) is 0 Å². The van der Waals surface area contributed by atoms with Gasteiger partial charge in [0, 0.05) is 36.1 Å². The Balaban J connectivity index is 1.51. The Bertz CT molecular complexity index is 1180. The van der Waals surface area contributed by atoms with E-state index in [9.17, 15) is 18.4 Å². The van der Waals surface area contributed by atoms with Crippen molar-refractivity contribution >= 4 is 22.7 Å². The molecule has 0 aliphatic carbocycles. The van der Waals surface area contributed by atoms with E-state index in [1.165, 1.54) is 6.07 Å². The minimum atomic E-state index is -0.983. The van der Waals surface area contributed by atoms with Crippen molar-refractivity contribution in [1.82, 2.24) is 20.5 Å². The molecule has 0 spiro atoms. The molecule has 3 aromatic rings. The van der Waals surface area contributed by atoms with E-state index >= 15 is 0 Å². The Labute approximate surface area is 197 Å². The molecule has 1 aromatic heterocycles. The predicted molar refractivity (Wildman–Crippen MR) is 127 cm³/mol. The summed E-state index contributed by atoms with van der Waals surface area (Å²) in [6, 6.07) is 10.2. The summed E-state index contributed by atoms with van der Waals surface area (Å²) in [5, 5.41) is 6.79. The molecular weight excluding hydrogens is 438 g/mol. The highest BCUT2D eigenvalue weighted by molar-refractivity contribution is 5.90. The first-order valence-corrected chi connectivity index (χ1v) is 11.7. The highest BCUT2D eigenvalue weighted by Gasteiger charge is 2.34. The van der Waals surface area contributed by atoms with Crippen LogP contribution < -0.4 is 10.6 Å². The van der Waals surface area contributed by atoms with Gasteiger partial charge in [0.2, 0.25) is 11.8 Å². The molecule has 0 radical (unpaired) electrons. The van der Waals surface area contributed by atoms with Gasteiger partial charge in [-0.25, -0.2) is 8.78 Å². The topological polar surface area (TPSA) is 77.2 Å². The van der Waals surface area contributed by atoms with Crippen molar-refractivity contribution in [3.8, 4) is 0 Å². The maximum absolute atomic E-state index is 13.8. The number of amides is 2. The molecule has 1 aliphatic heterocycles.